The summed E-state index contributed by atoms with van der Waals surface area (Å²) < 4.78 is 6.20. The first-order chi connectivity index (χ1) is 9.16. The van der Waals surface area contributed by atoms with Crippen molar-refractivity contribution in [1.82, 2.24) is 10.1 Å². The maximum absolute atomic E-state index is 6.14. The molecule has 0 atom stereocenters. The number of rotatable bonds is 2. The SMILES string of the molecule is Nc1onc(-c2cc(Cl)sc2Cl)c1-c1cccnc1. The van der Waals surface area contributed by atoms with E-state index in [0.717, 1.165) is 5.56 Å². The van der Waals surface area contributed by atoms with Crippen LogP contribution in [0.2, 0.25) is 8.67 Å². The van der Waals surface area contributed by atoms with Gasteiger partial charge in [0.2, 0.25) is 5.88 Å². The van der Waals surface area contributed by atoms with Crippen LogP contribution < -0.4 is 5.73 Å². The van der Waals surface area contributed by atoms with E-state index in [1.165, 1.54) is 11.3 Å². The van der Waals surface area contributed by atoms with Crippen LogP contribution in [-0.2, 0) is 0 Å². The number of nitrogens with two attached hydrogens (primary N) is 1. The summed E-state index contributed by atoms with van der Waals surface area (Å²) in [7, 11) is 0. The molecule has 96 valence electrons. The Bertz CT molecular complexity index is 724. The molecule has 3 aromatic rings. The van der Waals surface area contributed by atoms with Crippen LogP contribution in [0.15, 0.2) is 35.1 Å². The Morgan fingerprint density at radius 1 is 1.32 bits per heavy atom. The molecule has 2 N–H and O–H groups in total. The number of hydrogen-bond donors (Lipinski definition) is 1. The fourth-order valence-electron chi connectivity index (χ4n) is 1.78. The third-order valence-corrected chi connectivity index (χ3v) is 4.07. The molecule has 3 heterocycles. The number of aromatic nitrogens is 2. The van der Waals surface area contributed by atoms with Gasteiger partial charge in [0.1, 0.15) is 10.0 Å². The third-order valence-electron chi connectivity index (χ3n) is 2.58. The summed E-state index contributed by atoms with van der Waals surface area (Å²) in [6.45, 7) is 0. The summed E-state index contributed by atoms with van der Waals surface area (Å²) in [6, 6.07) is 5.43. The quantitative estimate of drug-likeness (QED) is 0.764. The number of nitrogen functional groups attached to an aromatic ring is 1. The topological polar surface area (TPSA) is 64.9 Å². The predicted molar refractivity (Wildman–Crippen MR) is 77.5 cm³/mol. The molecule has 0 unspecified atom stereocenters. The van der Waals surface area contributed by atoms with Crippen LogP contribution in [0.4, 0.5) is 5.88 Å². The third kappa shape index (κ3) is 2.20. The summed E-state index contributed by atoms with van der Waals surface area (Å²) in [5.41, 5.74) is 8.60. The Morgan fingerprint density at radius 3 is 2.79 bits per heavy atom. The van der Waals surface area contributed by atoms with Crippen molar-refractivity contribution in [3.8, 4) is 22.4 Å². The summed E-state index contributed by atoms with van der Waals surface area (Å²) in [5.74, 6) is 0.224. The molecule has 7 heteroatoms. The van der Waals surface area contributed by atoms with E-state index in [1.54, 1.807) is 18.5 Å². The van der Waals surface area contributed by atoms with Crippen LogP contribution in [0.5, 0.6) is 0 Å². The molecule has 0 radical (unpaired) electrons. The van der Waals surface area contributed by atoms with Crippen LogP contribution in [0.3, 0.4) is 0 Å². The molecule has 0 aliphatic carbocycles. The Hall–Kier alpha value is -1.56. The average molecular weight is 312 g/mol. The van der Waals surface area contributed by atoms with Gasteiger partial charge in [0.05, 0.1) is 9.90 Å². The Morgan fingerprint density at radius 2 is 2.16 bits per heavy atom. The monoisotopic (exact) mass is 311 g/mol. The summed E-state index contributed by atoms with van der Waals surface area (Å²) in [6.07, 6.45) is 3.37. The highest BCUT2D eigenvalue weighted by Gasteiger charge is 2.21. The van der Waals surface area contributed by atoms with Crippen molar-refractivity contribution in [2.75, 3.05) is 5.73 Å². The Kier molecular flexibility index (Phi) is 3.18. The second-order valence-electron chi connectivity index (χ2n) is 3.75. The number of thiophene rings is 1. The van der Waals surface area contributed by atoms with Crippen LogP contribution in [-0.4, -0.2) is 10.1 Å². The molecule has 0 aromatic carbocycles. The zero-order valence-electron chi connectivity index (χ0n) is 9.43. The minimum Gasteiger partial charge on any atom is -0.367 e. The lowest BCUT2D eigenvalue weighted by molar-refractivity contribution is 0.439. The molecule has 0 aliphatic heterocycles. The van der Waals surface area contributed by atoms with E-state index in [4.69, 9.17) is 33.5 Å². The lowest BCUT2D eigenvalue weighted by Crippen LogP contribution is -1.87. The van der Waals surface area contributed by atoms with Gasteiger partial charge in [-0.25, -0.2) is 0 Å². The fourth-order valence-corrected chi connectivity index (χ4v) is 3.24. The zero-order valence-corrected chi connectivity index (χ0v) is 11.8. The molecule has 0 aliphatic rings. The fraction of sp³-hybridized carbons (Fsp3) is 0. The molecule has 0 saturated heterocycles. The predicted octanol–water partition coefficient (Wildman–Crippen LogP) is 4.35. The zero-order chi connectivity index (χ0) is 13.4. The van der Waals surface area contributed by atoms with Crippen LogP contribution in [0.1, 0.15) is 0 Å². The summed E-state index contributed by atoms with van der Waals surface area (Å²) >= 11 is 13.4. The smallest absolute Gasteiger partial charge is 0.230 e. The highest BCUT2D eigenvalue weighted by atomic mass is 35.5. The number of pyridine rings is 1. The number of hydrogen-bond acceptors (Lipinski definition) is 5. The average Bonchev–Trinajstić information content (AvgIpc) is 2.93. The van der Waals surface area contributed by atoms with Gasteiger partial charge in [-0.2, -0.15) is 0 Å². The van der Waals surface area contributed by atoms with Crippen molar-refractivity contribution in [2.24, 2.45) is 0 Å². The molecule has 3 rings (SSSR count). The van der Waals surface area contributed by atoms with Crippen molar-refractivity contribution in [3.05, 3.63) is 39.3 Å². The van der Waals surface area contributed by atoms with Crippen molar-refractivity contribution >= 4 is 40.4 Å². The van der Waals surface area contributed by atoms with Gasteiger partial charge in [0.25, 0.3) is 0 Å². The molecule has 3 aromatic heterocycles. The van der Waals surface area contributed by atoms with E-state index in [9.17, 15) is 0 Å². The second-order valence-corrected chi connectivity index (χ2v) is 6.04. The van der Waals surface area contributed by atoms with Crippen LogP contribution >= 0.6 is 34.5 Å². The minimum absolute atomic E-state index is 0.224. The number of halogens is 2. The lowest BCUT2D eigenvalue weighted by atomic mass is 10.0. The molecule has 0 amide bonds. The highest BCUT2D eigenvalue weighted by Crippen LogP contribution is 2.43. The summed E-state index contributed by atoms with van der Waals surface area (Å²) in [5, 5.41) is 3.97. The van der Waals surface area contributed by atoms with Crippen LogP contribution in [0, 0.1) is 0 Å². The largest absolute Gasteiger partial charge is 0.367 e. The van der Waals surface area contributed by atoms with E-state index in [2.05, 4.69) is 10.1 Å². The van der Waals surface area contributed by atoms with Gasteiger partial charge in [0.15, 0.2) is 0 Å². The standard InChI is InChI=1S/C12H7Cl2N3OS/c13-8-4-7(11(14)19-8)10-9(12(15)18-17-10)6-2-1-3-16-5-6/h1-5H,15H2. The van der Waals surface area contributed by atoms with Crippen molar-refractivity contribution in [2.45, 2.75) is 0 Å². The van der Waals surface area contributed by atoms with Gasteiger partial charge < -0.3 is 10.3 Å². The Labute approximate surface area is 122 Å². The summed E-state index contributed by atoms with van der Waals surface area (Å²) in [4.78, 5) is 4.06. The highest BCUT2D eigenvalue weighted by molar-refractivity contribution is 7.20. The maximum Gasteiger partial charge on any atom is 0.230 e. The molecule has 0 bridgehead atoms. The Balaban J connectivity index is 2.22. The van der Waals surface area contributed by atoms with E-state index < -0.39 is 0 Å². The van der Waals surface area contributed by atoms with Crippen LogP contribution in [0.25, 0.3) is 22.4 Å². The normalized spacial score (nSPS) is 10.8. The first-order valence-electron chi connectivity index (χ1n) is 5.27. The number of nitrogens with zero attached hydrogens (tertiary/aromatic N) is 2. The van der Waals surface area contributed by atoms with Gasteiger partial charge in [-0.3, -0.25) is 4.98 Å². The van der Waals surface area contributed by atoms with Gasteiger partial charge in [0, 0.05) is 23.5 Å². The van der Waals surface area contributed by atoms with Gasteiger partial charge in [-0.15, -0.1) is 11.3 Å². The lowest BCUT2D eigenvalue weighted by Gasteiger charge is -2.00. The van der Waals surface area contributed by atoms with E-state index in [0.29, 0.717) is 25.5 Å². The first kappa shape index (κ1) is 12.5. The van der Waals surface area contributed by atoms with E-state index in [1.807, 2.05) is 12.1 Å². The van der Waals surface area contributed by atoms with E-state index >= 15 is 0 Å². The number of anilines is 1. The van der Waals surface area contributed by atoms with Crippen molar-refractivity contribution in [3.63, 3.8) is 0 Å². The molecular weight excluding hydrogens is 305 g/mol. The van der Waals surface area contributed by atoms with Crippen molar-refractivity contribution < 1.29 is 4.52 Å². The molecule has 19 heavy (non-hydrogen) atoms. The molecule has 0 saturated carbocycles. The van der Waals surface area contributed by atoms with Gasteiger partial charge in [-0.1, -0.05) is 34.4 Å². The van der Waals surface area contributed by atoms with Gasteiger partial charge in [-0.05, 0) is 12.1 Å². The second kappa shape index (κ2) is 4.85. The van der Waals surface area contributed by atoms with Crippen molar-refractivity contribution in [1.29, 1.82) is 0 Å². The molecule has 4 nitrogen and oxygen atoms in total. The molecule has 0 spiro atoms. The first-order valence-corrected chi connectivity index (χ1v) is 6.85. The van der Waals surface area contributed by atoms with Gasteiger partial charge >= 0.3 is 0 Å². The maximum atomic E-state index is 6.14. The van der Waals surface area contributed by atoms with E-state index in [-0.39, 0.29) is 5.88 Å². The molecule has 0 fully saturated rings. The molecular formula is C12H7Cl2N3OS. The minimum atomic E-state index is 0.224.